The van der Waals surface area contributed by atoms with Gasteiger partial charge in [-0.05, 0) is 94.2 Å². The second kappa shape index (κ2) is 12.1. The normalized spacial score (nSPS) is 12.8. The largest absolute Gasteiger partial charge is 0.311 e. The quantitative estimate of drug-likeness (QED) is 0.160. The van der Waals surface area contributed by atoms with Gasteiger partial charge in [-0.15, -0.1) is 0 Å². The van der Waals surface area contributed by atoms with E-state index in [9.17, 15) is 0 Å². The highest BCUT2D eigenvalue weighted by Gasteiger charge is 2.43. The van der Waals surface area contributed by atoms with Crippen LogP contribution in [0.4, 0.5) is 34.1 Å². The molecule has 2 aliphatic heterocycles. The standard InChI is InChI=1S/C51H38BN3/c1-51(2,35-18-7-3-8-19-35)36-32-47-49-48(33-36)55-45-29-16-15-26-41(45)42-27-17-28-44(50(42)55)52(49)43-31-30-40(34-46(43)54(47)39-24-13-6-14-25-39)53(37-20-9-4-10-21-37)38-22-11-5-12-23-38/h3-34H,1-2H3. The lowest BCUT2D eigenvalue weighted by Gasteiger charge is -2.42. The zero-order valence-electron chi connectivity index (χ0n) is 30.9. The maximum atomic E-state index is 2.56. The zero-order chi connectivity index (χ0) is 36.7. The molecule has 0 radical (unpaired) electrons. The molecule has 0 unspecified atom stereocenters. The van der Waals surface area contributed by atoms with Gasteiger partial charge >= 0.3 is 0 Å². The van der Waals surface area contributed by atoms with Gasteiger partial charge in [0, 0.05) is 61.5 Å². The lowest BCUT2D eigenvalue weighted by Crippen LogP contribution is -2.60. The number of rotatable bonds is 6. The smallest absolute Gasteiger partial charge is 0.252 e. The van der Waals surface area contributed by atoms with Crippen molar-refractivity contribution in [2.45, 2.75) is 19.3 Å². The SMILES string of the molecule is CC(C)(c1ccccc1)c1cc2c3c(c1)-n1c4ccccc4c4cccc(c41)B3c1ccc(N(c3ccccc3)c3ccccc3)cc1N2c1ccccc1. The van der Waals surface area contributed by atoms with E-state index in [2.05, 4.69) is 222 Å². The first-order valence-corrected chi connectivity index (χ1v) is 19.2. The summed E-state index contributed by atoms with van der Waals surface area (Å²) in [5.74, 6) is 0. The number of anilines is 6. The molecule has 11 rings (SSSR count). The first kappa shape index (κ1) is 31.7. The topological polar surface area (TPSA) is 11.4 Å². The van der Waals surface area contributed by atoms with Crippen molar-refractivity contribution in [3.05, 3.63) is 205 Å². The van der Waals surface area contributed by atoms with Crippen molar-refractivity contribution in [3.8, 4) is 5.69 Å². The van der Waals surface area contributed by atoms with E-state index in [1.54, 1.807) is 0 Å². The Hall–Kier alpha value is -6.78. The summed E-state index contributed by atoms with van der Waals surface area (Å²) in [7, 11) is 0. The molecule has 0 saturated heterocycles. The Balaban J connectivity index is 1.26. The van der Waals surface area contributed by atoms with Crippen LogP contribution in [0.1, 0.15) is 25.0 Å². The summed E-state index contributed by atoms with van der Waals surface area (Å²) in [4.78, 5) is 4.91. The van der Waals surface area contributed by atoms with Gasteiger partial charge < -0.3 is 14.4 Å². The average molecular weight is 704 g/mol. The van der Waals surface area contributed by atoms with Crippen molar-refractivity contribution in [2.24, 2.45) is 0 Å². The van der Waals surface area contributed by atoms with Crippen LogP contribution < -0.4 is 26.2 Å². The summed E-state index contributed by atoms with van der Waals surface area (Å²) in [5, 5.41) is 2.59. The van der Waals surface area contributed by atoms with Crippen LogP contribution >= 0.6 is 0 Å². The molecule has 0 amide bonds. The minimum Gasteiger partial charge on any atom is -0.311 e. The van der Waals surface area contributed by atoms with Gasteiger partial charge in [0.25, 0.3) is 6.71 Å². The van der Waals surface area contributed by atoms with E-state index >= 15 is 0 Å². The molecule has 9 aromatic rings. The highest BCUT2D eigenvalue weighted by Crippen LogP contribution is 2.46. The Kier molecular flexibility index (Phi) is 6.99. The number of para-hydroxylation sites is 5. The highest BCUT2D eigenvalue weighted by atomic mass is 15.2. The fraction of sp³-hybridized carbons (Fsp3) is 0.0588. The lowest BCUT2D eigenvalue weighted by atomic mass is 9.33. The van der Waals surface area contributed by atoms with Crippen LogP contribution in [0.3, 0.4) is 0 Å². The molecule has 0 saturated carbocycles. The number of benzene rings is 8. The fourth-order valence-corrected chi connectivity index (χ4v) is 9.37. The van der Waals surface area contributed by atoms with Gasteiger partial charge in [0.2, 0.25) is 0 Å². The Bertz CT molecular complexity index is 2860. The van der Waals surface area contributed by atoms with Crippen LogP contribution in [-0.2, 0) is 5.41 Å². The minimum atomic E-state index is -0.261. The summed E-state index contributed by atoms with van der Waals surface area (Å²) in [5.41, 5.74) is 17.1. The van der Waals surface area contributed by atoms with Crippen LogP contribution in [0.5, 0.6) is 0 Å². The maximum Gasteiger partial charge on any atom is 0.252 e. The van der Waals surface area contributed by atoms with E-state index in [4.69, 9.17) is 0 Å². The van der Waals surface area contributed by atoms with E-state index in [1.807, 2.05) is 0 Å². The van der Waals surface area contributed by atoms with Crippen LogP contribution in [0.15, 0.2) is 194 Å². The molecule has 55 heavy (non-hydrogen) atoms. The summed E-state index contributed by atoms with van der Waals surface area (Å²) in [6.07, 6.45) is 0. The Morgan fingerprint density at radius 1 is 0.455 bits per heavy atom. The fourth-order valence-electron chi connectivity index (χ4n) is 9.37. The minimum absolute atomic E-state index is 0.0466. The molecular weight excluding hydrogens is 665 g/mol. The van der Waals surface area contributed by atoms with Gasteiger partial charge in [-0.25, -0.2) is 0 Å². The molecular formula is C51H38BN3. The van der Waals surface area contributed by atoms with Crippen molar-refractivity contribution in [1.29, 1.82) is 0 Å². The monoisotopic (exact) mass is 703 g/mol. The molecule has 3 heterocycles. The van der Waals surface area contributed by atoms with E-state index in [0.29, 0.717) is 0 Å². The molecule has 2 aliphatic rings. The first-order valence-electron chi connectivity index (χ1n) is 19.2. The summed E-state index contributed by atoms with van der Waals surface area (Å²) >= 11 is 0. The number of hydrogen-bond acceptors (Lipinski definition) is 2. The third-order valence-corrected chi connectivity index (χ3v) is 12.0. The Labute approximate surface area is 322 Å². The average Bonchev–Trinajstić information content (AvgIpc) is 3.59. The molecule has 0 aliphatic carbocycles. The summed E-state index contributed by atoms with van der Waals surface area (Å²) < 4.78 is 2.56. The van der Waals surface area contributed by atoms with Crippen molar-refractivity contribution in [1.82, 2.24) is 4.57 Å². The van der Waals surface area contributed by atoms with Gasteiger partial charge in [0.05, 0.1) is 5.52 Å². The molecule has 0 atom stereocenters. The molecule has 260 valence electrons. The first-order chi connectivity index (χ1) is 27.1. The predicted molar refractivity (Wildman–Crippen MR) is 233 cm³/mol. The second-order valence-electron chi connectivity index (χ2n) is 15.4. The number of nitrogens with zero attached hydrogens (tertiary/aromatic N) is 3. The molecule has 3 nitrogen and oxygen atoms in total. The maximum absolute atomic E-state index is 2.56. The van der Waals surface area contributed by atoms with Crippen LogP contribution in [0.25, 0.3) is 27.5 Å². The van der Waals surface area contributed by atoms with Gasteiger partial charge in [-0.3, -0.25) is 0 Å². The zero-order valence-corrected chi connectivity index (χ0v) is 30.9. The third kappa shape index (κ3) is 4.71. The Morgan fingerprint density at radius 3 is 1.76 bits per heavy atom. The summed E-state index contributed by atoms with van der Waals surface area (Å²) in [6, 6.07) is 71.3. The van der Waals surface area contributed by atoms with Crippen molar-refractivity contribution >= 4 is 79.0 Å². The molecule has 0 fully saturated rings. The second-order valence-corrected chi connectivity index (χ2v) is 15.4. The van der Waals surface area contributed by atoms with Crippen molar-refractivity contribution in [3.63, 3.8) is 0 Å². The Morgan fingerprint density at radius 2 is 1.05 bits per heavy atom. The molecule has 1 aromatic heterocycles. The van der Waals surface area contributed by atoms with E-state index in [-0.39, 0.29) is 12.1 Å². The molecule has 8 aromatic carbocycles. The van der Waals surface area contributed by atoms with Gasteiger partial charge in [0.15, 0.2) is 0 Å². The highest BCUT2D eigenvalue weighted by molar-refractivity contribution is 7.00. The van der Waals surface area contributed by atoms with Gasteiger partial charge in [0.1, 0.15) is 0 Å². The summed E-state index contributed by atoms with van der Waals surface area (Å²) in [6.45, 7) is 4.78. The molecule has 0 N–H and O–H groups in total. The number of hydrogen-bond donors (Lipinski definition) is 0. The van der Waals surface area contributed by atoms with E-state index < -0.39 is 0 Å². The molecule has 4 heteroatoms. The van der Waals surface area contributed by atoms with Crippen LogP contribution in [0, 0.1) is 0 Å². The van der Waals surface area contributed by atoms with E-state index in [0.717, 1.165) is 22.7 Å². The molecule has 0 spiro atoms. The van der Waals surface area contributed by atoms with Gasteiger partial charge in [-0.1, -0.05) is 141 Å². The third-order valence-electron chi connectivity index (χ3n) is 12.0. The number of aromatic nitrogens is 1. The molecule has 0 bridgehead atoms. The van der Waals surface area contributed by atoms with Crippen molar-refractivity contribution in [2.75, 3.05) is 9.80 Å². The number of fused-ring (bicyclic) bond motifs is 7. The predicted octanol–water partition coefficient (Wildman–Crippen LogP) is 11.2. The van der Waals surface area contributed by atoms with E-state index in [1.165, 1.54) is 66.4 Å². The van der Waals surface area contributed by atoms with Crippen LogP contribution in [0.2, 0.25) is 0 Å². The van der Waals surface area contributed by atoms with Crippen LogP contribution in [-0.4, -0.2) is 11.3 Å². The van der Waals surface area contributed by atoms with Crippen molar-refractivity contribution < 1.29 is 0 Å². The lowest BCUT2D eigenvalue weighted by molar-refractivity contribution is 0.640. The van der Waals surface area contributed by atoms with Gasteiger partial charge in [-0.2, -0.15) is 0 Å².